The van der Waals surface area contributed by atoms with Gasteiger partial charge in [-0.2, -0.15) is 0 Å². The first-order valence-electron chi connectivity index (χ1n) is 14.3. The first-order chi connectivity index (χ1) is 19.9. The van der Waals surface area contributed by atoms with E-state index in [1.807, 2.05) is 65.0 Å². The number of likely N-dealkylation sites (tertiary alicyclic amines) is 1. The molecular weight excluding hydrogens is 537 g/mol. The van der Waals surface area contributed by atoms with Crippen LogP contribution in [0.3, 0.4) is 0 Å². The standard InChI is InChI=1S/C32H38FN5O4/c1-22(2)38(24-9-7-6-8-10-24)29(39)25-17-23(33)11-12-26(25)41-27-18-34-21-35-28(27)37-19-32(20-37)13-15-36(16-14-32)30(40)42-31(3,4)5/h6-12,17-18,21-22H,13-16,19-20H2,1-5H3. The fourth-order valence-corrected chi connectivity index (χ4v) is 5.58. The molecule has 0 atom stereocenters. The number of amides is 2. The summed E-state index contributed by atoms with van der Waals surface area (Å²) in [6.07, 6.45) is 4.49. The summed E-state index contributed by atoms with van der Waals surface area (Å²) in [6, 6.07) is 13.1. The molecule has 0 N–H and O–H groups in total. The van der Waals surface area contributed by atoms with Crippen LogP contribution in [0.5, 0.6) is 11.5 Å². The summed E-state index contributed by atoms with van der Waals surface area (Å²) in [6.45, 7) is 12.2. The zero-order chi connectivity index (χ0) is 30.1. The Kier molecular flexibility index (Phi) is 8.08. The predicted molar refractivity (Wildman–Crippen MR) is 159 cm³/mol. The molecule has 3 heterocycles. The largest absolute Gasteiger partial charge is 0.451 e. The molecule has 0 radical (unpaired) electrons. The molecule has 2 fully saturated rings. The van der Waals surface area contributed by atoms with Gasteiger partial charge in [-0.05, 0) is 77.8 Å². The normalized spacial score (nSPS) is 16.3. The van der Waals surface area contributed by atoms with Gasteiger partial charge in [-0.15, -0.1) is 0 Å². The van der Waals surface area contributed by atoms with Crippen LogP contribution in [-0.4, -0.2) is 64.7 Å². The fraction of sp³-hybridized carbons (Fsp3) is 0.438. The first kappa shape index (κ1) is 29.3. The van der Waals surface area contributed by atoms with E-state index in [4.69, 9.17) is 9.47 Å². The fourth-order valence-electron chi connectivity index (χ4n) is 5.58. The number of piperidine rings is 1. The maximum atomic E-state index is 14.5. The van der Waals surface area contributed by atoms with Crippen molar-refractivity contribution in [2.45, 2.75) is 59.1 Å². The SMILES string of the molecule is CC(C)N(C(=O)c1cc(F)ccc1Oc1cncnc1N1CC2(CCN(C(=O)OC(C)(C)C)CC2)C1)c1ccccc1. The van der Waals surface area contributed by atoms with Gasteiger partial charge in [0, 0.05) is 43.3 Å². The number of halogens is 1. The van der Waals surface area contributed by atoms with E-state index >= 15 is 0 Å². The van der Waals surface area contributed by atoms with Crippen molar-refractivity contribution in [1.82, 2.24) is 14.9 Å². The molecule has 2 aromatic carbocycles. The lowest BCUT2D eigenvalue weighted by atomic mass is 9.72. The number of nitrogens with zero attached hydrogens (tertiary/aromatic N) is 5. The van der Waals surface area contributed by atoms with Gasteiger partial charge in [0.15, 0.2) is 11.6 Å². The molecule has 2 aliphatic rings. The van der Waals surface area contributed by atoms with Gasteiger partial charge < -0.3 is 24.2 Å². The minimum absolute atomic E-state index is 0.0746. The molecule has 0 bridgehead atoms. The summed E-state index contributed by atoms with van der Waals surface area (Å²) >= 11 is 0. The van der Waals surface area contributed by atoms with Crippen molar-refractivity contribution in [2.24, 2.45) is 5.41 Å². The van der Waals surface area contributed by atoms with Gasteiger partial charge in [0.25, 0.3) is 5.91 Å². The number of carbonyl (C=O) groups is 2. The molecule has 0 unspecified atom stereocenters. The number of benzene rings is 2. The van der Waals surface area contributed by atoms with E-state index in [1.54, 1.807) is 16.0 Å². The maximum absolute atomic E-state index is 14.5. The van der Waals surface area contributed by atoms with Crippen molar-refractivity contribution in [1.29, 1.82) is 0 Å². The third kappa shape index (κ3) is 6.32. The Morgan fingerprint density at radius 3 is 2.36 bits per heavy atom. The lowest BCUT2D eigenvalue weighted by molar-refractivity contribution is 0.00586. The van der Waals surface area contributed by atoms with Gasteiger partial charge in [0.05, 0.1) is 11.8 Å². The maximum Gasteiger partial charge on any atom is 0.410 e. The Bertz CT molecular complexity index is 1430. The van der Waals surface area contributed by atoms with Crippen LogP contribution >= 0.6 is 0 Å². The van der Waals surface area contributed by atoms with Crippen LogP contribution in [0.25, 0.3) is 0 Å². The van der Waals surface area contributed by atoms with Gasteiger partial charge in [-0.3, -0.25) is 4.79 Å². The summed E-state index contributed by atoms with van der Waals surface area (Å²) in [5, 5.41) is 0. The van der Waals surface area contributed by atoms with Crippen molar-refractivity contribution in [3.8, 4) is 11.5 Å². The number of carbonyl (C=O) groups excluding carboxylic acids is 2. The molecule has 0 aliphatic carbocycles. The molecule has 2 saturated heterocycles. The van der Waals surface area contributed by atoms with E-state index in [-0.39, 0.29) is 34.8 Å². The van der Waals surface area contributed by atoms with Crippen LogP contribution in [0.2, 0.25) is 0 Å². The Hall–Kier alpha value is -4.21. The van der Waals surface area contributed by atoms with Crippen molar-refractivity contribution in [2.75, 3.05) is 36.0 Å². The van der Waals surface area contributed by atoms with E-state index in [9.17, 15) is 14.0 Å². The van der Waals surface area contributed by atoms with E-state index in [0.717, 1.165) is 25.9 Å². The molecular formula is C32H38FN5O4. The van der Waals surface area contributed by atoms with Crippen molar-refractivity contribution < 1.29 is 23.5 Å². The van der Waals surface area contributed by atoms with Crippen LogP contribution in [-0.2, 0) is 4.74 Å². The molecule has 9 nitrogen and oxygen atoms in total. The molecule has 2 aliphatic heterocycles. The number of ether oxygens (including phenoxy) is 2. The number of hydrogen-bond acceptors (Lipinski definition) is 7. The topological polar surface area (TPSA) is 88.1 Å². The molecule has 222 valence electrons. The summed E-state index contributed by atoms with van der Waals surface area (Å²) in [7, 11) is 0. The Labute approximate surface area is 246 Å². The lowest BCUT2D eigenvalue weighted by Crippen LogP contribution is -2.61. The van der Waals surface area contributed by atoms with Crippen molar-refractivity contribution >= 4 is 23.5 Å². The molecule has 10 heteroatoms. The second-order valence-electron chi connectivity index (χ2n) is 12.4. The van der Waals surface area contributed by atoms with Crippen LogP contribution in [0.1, 0.15) is 57.8 Å². The zero-order valence-corrected chi connectivity index (χ0v) is 24.8. The van der Waals surface area contributed by atoms with Gasteiger partial charge in [-0.25, -0.2) is 19.2 Å². The number of aromatic nitrogens is 2. The molecule has 1 aromatic heterocycles. The van der Waals surface area contributed by atoms with Gasteiger partial charge in [0.2, 0.25) is 0 Å². The van der Waals surface area contributed by atoms with Crippen molar-refractivity contribution in [3.63, 3.8) is 0 Å². The third-order valence-corrected chi connectivity index (χ3v) is 7.65. The highest BCUT2D eigenvalue weighted by Crippen LogP contribution is 2.45. The van der Waals surface area contributed by atoms with E-state index < -0.39 is 11.4 Å². The third-order valence-electron chi connectivity index (χ3n) is 7.65. The van der Waals surface area contributed by atoms with Crippen LogP contribution in [0.15, 0.2) is 61.1 Å². The lowest BCUT2D eigenvalue weighted by Gasteiger charge is -2.54. The highest BCUT2D eigenvalue weighted by molar-refractivity contribution is 6.08. The predicted octanol–water partition coefficient (Wildman–Crippen LogP) is 6.30. The zero-order valence-electron chi connectivity index (χ0n) is 24.8. The van der Waals surface area contributed by atoms with E-state index in [2.05, 4.69) is 14.9 Å². The van der Waals surface area contributed by atoms with Crippen molar-refractivity contribution in [3.05, 3.63) is 72.4 Å². The number of rotatable bonds is 6. The minimum Gasteiger partial charge on any atom is -0.451 e. The monoisotopic (exact) mass is 575 g/mol. The summed E-state index contributed by atoms with van der Waals surface area (Å²) < 4.78 is 26.3. The molecule has 3 aromatic rings. The first-order valence-corrected chi connectivity index (χ1v) is 14.3. The Morgan fingerprint density at radius 2 is 1.71 bits per heavy atom. The highest BCUT2D eigenvalue weighted by atomic mass is 19.1. The second kappa shape index (κ2) is 11.6. The number of para-hydroxylation sites is 1. The molecule has 2 amide bonds. The second-order valence-corrected chi connectivity index (χ2v) is 12.4. The molecule has 5 rings (SSSR count). The average Bonchev–Trinajstić information content (AvgIpc) is 2.92. The minimum atomic E-state index is -0.533. The van der Waals surface area contributed by atoms with Gasteiger partial charge >= 0.3 is 6.09 Å². The summed E-state index contributed by atoms with van der Waals surface area (Å²) in [4.78, 5) is 40.5. The summed E-state index contributed by atoms with van der Waals surface area (Å²) in [5.74, 6) is 0.310. The van der Waals surface area contributed by atoms with Crippen LogP contribution < -0.4 is 14.5 Å². The molecule has 0 saturated carbocycles. The quantitative estimate of drug-likeness (QED) is 0.341. The van der Waals surface area contributed by atoms with Crippen LogP contribution in [0, 0.1) is 11.2 Å². The van der Waals surface area contributed by atoms with E-state index in [0.29, 0.717) is 30.3 Å². The van der Waals surface area contributed by atoms with E-state index in [1.165, 1.54) is 24.5 Å². The molecule has 42 heavy (non-hydrogen) atoms. The Balaban J connectivity index is 1.31. The molecule has 1 spiro atoms. The van der Waals surface area contributed by atoms with Crippen LogP contribution in [0.4, 0.5) is 20.7 Å². The summed E-state index contributed by atoms with van der Waals surface area (Å²) in [5.41, 5.74) is 0.370. The Morgan fingerprint density at radius 1 is 1.02 bits per heavy atom. The average molecular weight is 576 g/mol. The van der Waals surface area contributed by atoms with Gasteiger partial charge in [-0.1, -0.05) is 18.2 Å². The number of hydrogen-bond donors (Lipinski definition) is 0. The smallest absolute Gasteiger partial charge is 0.410 e. The highest BCUT2D eigenvalue weighted by Gasteiger charge is 2.47. The van der Waals surface area contributed by atoms with Gasteiger partial charge in [0.1, 0.15) is 23.5 Å². The number of anilines is 2.